The van der Waals surface area contributed by atoms with E-state index in [1.165, 1.54) is 6.07 Å². The first-order valence-electron chi connectivity index (χ1n) is 6.37. The first-order valence-corrected chi connectivity index (χ1v) is 7.50. The van der Waals surface area contributed by atoms with E-state index in [0.29, 0.717) is 17.4 Å². The van der Waals surface area contributed by atoms with Crippen LogP contribution in [-0.2, 0) is 11.5 Å². The topological polar surface area (TPSA) is 3.24 Å². The standard InChI is InChI=1S/C14H19BrF3N/c1-4-10(3)19(5-2)13-7-6-11(9-15)8-12(13)14(16,17)18/h6-8,10H,4-5,9H2,1-3H3. The number of benzene rings is 1. The summed E-state index contributed by atoms with van der Waals surface area (Å²) in [6, 6.07) is 4.63. The normalized spacial score (nSPS) is 13.4. The van der Waals surface area contributed by atoms with E-state index in [1.54, 1.807) is 17.0 Å². The maximum atomic E-state index is 13.2. The second kappa shape index (κ2) is 6.64. The van der Waals surface area contributed by atoms with E-state index in [4.69, 9.17) is 0 Å². The van der Waals surface area contributed by atoms with E-state index in [-0.39, 0.29) is 11.7 Å². The van der Waals surface area contributed by atoms with Gasteiger partial charge < -0.3 is 4.90 Å². The van der Waals surface area contributed by atoms with E-state index in [2.05, 4.69) is 15.9 Å². The zero-order valence-electron chi connectivity index (χ0n) is 11.4. The van der Waals surface area contributed by atoms with Crippen LogP contribution in [0.25, 0.3) is 0 Å². The summed E-state index contributed by atoms with van der Waals surface area (Å²) in [7, 11) is 0. The highest BCUT2D eigenvalue weighted by Crippen LogP contribution is 2.38. The smallest absolute Gasteiger partial charge is 0.369 e. The molecule has 0 aromatic heterocycles. The molecular formula is C14H19BrF3N. The zero-order chi connectivity index (χ0) is 14.6. The molecule has 1 unspecified atom stereocenters. The van der Waals surface area contributed by atoms with Gasteiger partial charge in [-0.1, -0.05) is 28.9 Å². The summed E-state index contributed by atoms with van der Waals surface area (Å²) < 4.78 is 39.6. The fourth-order valence-electron chi connectivity index (χ4n) is 2.08. The minimum atomic E-state index is -4.33. The molecule has 1 rings (SSSR count). The van der Waals surface area contributed by atoms with Crippen LogP contribution in [0.2, 0.25) is 0 Å². The molecule has 0 fully saturated rings. The van der Waals surface area contributed by atoms with Gasteiger partial charge in [0.25, 0.3) is 0 Å². The maximum absolute atomic E-state index is 13.2. The van der Waals surface area contributed by atoms with Crippen LogP contribution in [0, 0.1) is 0 Å². The van der Waals surface area contributed by atoms with Gasteiger partial charge in [0.15, 0.2) is 0 Å². The lowest BCUT2D eigenvalue weighted by Gasteiger charge is -2.32. The summed E-state index contributed by atoms with van der Waals surface area (Å²) in [5, 5.41) is 0.422. The number of halogens is 4. The van der Waals surface area contributed by atoms with Crippen molar-refractivity contribution in [3.05, 3.63) is 29.3 Å². The van der Waals surface area contributed by atoms with Gasteiger partial charge in [-0.05, 0) is 38.0 Å². The summed E-state index contributed by atoms with van der Waals surface area (Å²) in [6.07, 6.45) is -3.51. The Labute approximate surface area is 120 Å². The Bertz CT molecular complexity index is 418. The molecule has 0 saturated carbocycles. The highest BCUT2D eigenvalue weighted by molar-refractivity contribution is 9.08. The molecule has 0 spiro atoms. The van der Waals surface area contributed by atoms with E-state index < -0.39 is 11.7 Å². The molecule has 1 aromatic carbocycles. The number of nitrogens with zero attached hydrogens (tertiary/aromatic N) is 1. The molecule has 0 aliphatic rings. The Morgan fingerprint density at radius 3 is 2.32 bits per heavy atom. The summed E-state index contributed by atoms with van der Waals surface area (Å²) in [4.78, 5) is 1.81. The van der Waals surface area contributed by atoms with Crippen molar-refractivity contribution in [1.82, 2.24) is 0 Å². The van der Waals surface area contributed by atoms with Crippen molar-refractivity contribution in [2.45, 2.75) is 44.7 Å². The Morgan fingerprint density at radius 2 is 1.89 bits per heavy atom. The average Bonchev–Trinajstić information content (AvgIpc) is 2.38. The van der Waals surface area contributed by atoms with Crippen LogP contribution in [-0.4, -0.2) is 12.6 Å². The zero-order valence-corrected chi connectivity index (χ0v) is 13.0. The molecule has 0 amide bonds. The fourth-order valence-corrected chi connectivity index (χ4v) is 2.43. The van der Waals surface area contributed by atoms with E-state index in [9.17, 15) is 13.2 Å². The highest BCUT2D eigenvalue weighted by Gasteiger charge is 2.35. The van der Waals surface area contributed by atoms with Crippen molar-refractivity contribution < 1.29 is 13.2 Å². The Kier molecular flexibility index (Phi) is 5.71. The lowest BCUT2D eigenvalue weighted by Crippen LogP contribution is -2.34. The van der Waals surface area contributed by atoms with Crippen LogP contribution >= 0.6 is 15.9 Å². The molecule has 0 N–H and O–H groups in total. The largest absolute Gasteiger partial charge is 0.418 e. The molecule has 0 aliphatic heterocycles. The average molecular weight is 338 g/mol. The van der Waals surface area contributed by atoms with Gasteiger partial charge in [0.1, 0.15) is 0 Å². The van der Waals surface area contributed by atoms with Crippen LogP contribution in [0.4, 0.5) is 18.9 Å². The van der Waals surface area contributed by atoms with Crippen molar-refractivity contribution in [2.75, 3.05) is 11.4 Å². The van der Waals surface area contributed by atoms with Crippen LogP contribution in [0.3, 0.4) is 0 Å². The van der Waals surface area contributed by atoms with Crippen molar-refractivity contribution in [3.63, 3.8) is 0 Å². The summed E-state index contributed by atoms with van der Waals surface area (Å²) in [5.41, 5.74) is 0.358. The second-order valence-corrected chi connectivity index (χ2v) is 5.09. The molecule has 0 aliphatic carbocycles. The van der Waals surface area contributed by atoms with Crippen molar-refractivity contribution >= 4 is 21.6 Å². The predicted molar refractivity (Wildman–Crippen MR) is 76.8 cm³/mol. The van der Waals surface area contributed by atoms with Gasteiger partial charge in [-0.15, -0.1) is 0 Å². The number of anilines is 1. The number of alkyl halides is 4. The third-order valence-corrected chi connectivity index (χ3v) is 3.94. The Morgan fingerprint density at radius 1 is 1.26 bits per heavy atom. The SMILES string of the molecule is CCC(C)N(CC)c1ccc(CBr)cc1C(F)(F)F. The molecule has 1 nitrogen and oxygen atoms in total. The van der Waals surface area contributed by atoms with Gasteiger partial charge in [0.05, 0.1) is 5.56 Å². The van der Waals surface area contributed by atoms with Crippen molar-refractivity contribution in [2.24, 2.45) is 0 Å². The van der Waals surface area contributed by atoms with Crippen molar-refractivity contribution in [1.29, 1.82) is 0 Å². The van der Waals surface area contributed by atoms with Gasteiger partial charge in [-0.25, -0.2) is 0 Å². The fraction of sp³-hybridized carbons (Fsp3) is 0.571. The van der Waals surface area contributed by atoms with Gasteiger partial charge in [-0.3, -0.25) is 0 Å². The maximum Gasteiger partial charge on any atom is 0.418 e. The molecule has 1 aromatic rings. The lowest BCUT2D eigenvalue weighted by atomic mass is 10.1. The van der Waals surface area contributed by atoms with E-state index >= 15 is 0 Å². The van der Waals surface area contributed by atoms with Gasteiger partial charge in [-0.2, -0.15) is 13.2 Å². The van der Waals surface area contributed by atoms with Gasteiger partial charge >= 0.3 is 6.18 Å². The molecule has 108 valence electrons. The molecule has 0 bridgehead atoms. The number of hydrogen-bond donors (Lipinski definition) is 0. The summed E-state index contributed by atoms with van der Waals surface area (Å²) >= 11 is 3.20. The molecule has 0 radical (unpaired) electrons. The third kappa shape index (κ3) is 3.88. The van der Waals surface area contributed by atoms with Crippen LogP contribution in [0.1, 0.15) is 38.3 Å². The highest BCUT2D eigenvalue weighted by atomic mass is 79.9. The summed E-state index contributed by atoms with van der Waals surface area (Å²) in [6.45, 7) is 6.37. The first kappa shape index (κ1) is 16.3. The quantitative estimate of drug-likeness (QED) is 0.665. The van der Waals surface area contributed by atoms with Crippen LogP contribution < -0.4 is 4.90 Å². The number of rotatable bonds is 5. The van der Waals surface area contributed by atoms with Gasteiger partial charge in [0, 0.05) is 23.6 Å². The lowest BCUT2D eigenvalue weighted by molar-refractivity contribution is -0.137. The first-order chi connectivity index (χ1) is 8.85. The molecule has 1 atom stereocenters. The van der Waals surface area contributed by atoms with E-state index in [0.717, 1.165) is 6.42 Å². The molecule has 19 heavy (non-hydrogen) atoms. The number of hydrogen-bond acceptors (Lipinski definition) is 1. The third-order valence-electron chi connectivity index (χ3n) is 3.29. The molecule has 5 heteroatoms. The minimum Gasteiger partial charge on any atom is -0.369 e. The molecule has 0 heterocycles. The predicted octanol–water partition coefficient (Wildman–Crippen LogP) is 5.23. The Balaban J connectivity index is 3.33. The van der Waals surface area contributed by atoms with Crippen LogP contribution in [0.5, 0.6) is 0 Å². The monoisotopic (exact) mass is 337 g/mol. The molecule has 0 saturated heterocycles. The van der Waals surface area contributed by atoms with Gasteiger partial charge in [0.2, 0.25) is 0 Å². The second-order valence-electron chi connectivity index (χ2n) is 4.53. The Hall–Kier alpha value is -0.710. The minimum absolute atomic E-state index is 0.0842. The van der Waals surface area contributed by atoms with Crippen LogP contribution in [0.15, 0.2) is 18.2 Å². The molecular weight excluding hydrogens is 319 g/mol. The van der Waals surface area contributed by atoms with E-state index in [1.807, 2.05) is 20.8 Å². The van der Waals surface area contributed by atoms with Crippen molar-refractivity contribution in [3.8, 4) is 0 Å². The summed E-state index contributed by atoms with van der Waals surface area (Å²) in [5.74, 6) is 0.